The second-order valence-electron chi connectivity index (χ2n) is 2.68. The summed E-state index contributed by atoms with van der Waals surface area (Å²) in [5.41, 5.74) is 0.373. The molecule has 66 valence electrons. The Balaban J connectivity index is 2.64. The summed E-state index contributed by atoms with van der Waals surface area (Å²) < 4.78 is 1.35. The third kappa shape index (κ3) is 3.69. The molecule has 13 heavy (non-hydrogen) atoms. The summed E-state index contributed by atoms with van der Waals surface area (Å²) in [6, 6.07) is 7.16. The first-order valence-electron chi connectivity index (χ1n) is 4.20. The van der Waals surface area contributed by atoms with Crippen molar-refractivity contribution in [3.8, 4) is 0 Å². The van der Waals surface area contributed by atoms with Crippen LogP contribution in [0.25, 0.3) is 0 Å². The van der Waals surface area contributed by atoms with E-state index in [1.165, 1.54) is 8.83 Å². The molecule has 0 amide bonds. The minimum atomic E-state index is -0.850. The fraction of sp³-hybridized carbons (Fsp3) is 0.222. The van der Waals surface area contributed by atoms with Gasteiger partial charge in [0.25, 0.3) is 0 Å². The van der Waals surface area contributed by atoms with Gasteiger partial charge >= 0.3 is 92.8 Å². The first-order valence-corrected chi connectivity index (χ1v) is 15.8. The molecule has 4 heteroatoms. The van der Waals surface area contributed by atoms with Gasteiger partial charge in [-0.05, 0) is 0 Å². The van der Waals surface area contributed by atoms with Crippen molar-refractivity contribution >= 4 is 14.2 Å². The number of carboxylic acids is 1. The zero-order chi connectivity index (χ0) is 9.68. The van der Waals surface area contributed by atoms with Crippen molar-refractivity contribution in [2.45, 2.75) is 15.7 Å². The monoisotopic (exact) mass is 384 g/mol. The predicted molar refractivity (Wildman–Crippen MR) is 49.7 cm³/mol. The summed E-state index contributed by atoms with van der Waals surface area (Å²) in [5.74, 6) is -0.850. The van der Waals surface area contributed by atoms with Gasteiger partial charge in [-0.3, -0.25) is 0 Å². The number of benzene rings is 1. The van der Waals surface area contributed by atoms with Gasteiger partial charge in [0.05, 0.1) is 0 Å². The number of rotatable bonds is 4. The Kier molecular flexibility index (Phi) is 4.81. The van der Waals surface area contributed by atoms with Gasteiger partial charge in [-0.15, -0.1) is 0 Å². The molecular formula is C9H10HgO2S. The first-order chi connectivity index (χ1) is 6.24. The van der Waals surface area contributed by atoms with Crippen molar-refractivity contribution in [1.82, 2.24) is 0 Å². The van der Waals surface area contributed by atoms with E-state index in [0.717, 1.165) is 0 Å². The molecule has 0 fully saturated rings. The standard InChI is InChI=1S/C7H6O2S.C2H5.Hg/c8-7(9)5-1-3-6(10)4-2-5;1-2;/h1-4,10H,(H,8,9);1H2,2H3;/q;;+1/p-1. The molecule has 0 radical (unpaired) electrons. The van der Waals surface area contributed by atoms with Gasteiger partial charge in [-0.2, -0.15) is 0 Å². The molecule has 1 aromatic carbocycles. The third-order valence-corrected chi connectivity index (χ3v) is 13.8. The van der Waals surface area contributed by atoms with Crippen LogP contribution in [0.3, 0.4) is 0 Å². The van der Waals surface area contributed by atoms with Crippen LogP contribution in [0.4, 0.5) is 0 Å². The van der Waals surface area contributed by atoms with Crippen LogP contribution in [0, 0.1) is 0 Å². The average Bonchev–Trinajstić information content (AvgIpc) is 2.15. The number of aromatic carboxylic acids is 1. The molecule has 1 N–H and O–H groups in total. The summed E-state index contributed by atoms with van der Waals surface area (Å²) in [4.78, 5) is 11.8. The molecule has 0 aliphatic carbocycles. The first kappa shape index (κ1) is 11.1. The van der Waals surface area contributed by atoms with Gasteiger partial charge in [0.2, 0.25) is 0 Å². The Morgan fingerprint density at radius 3 is 2.54 bits per heavy atom. The number of carbonyl (C=O) groups is 1. The van der Waals surface area contributed by atoms with Gasteiger partial charge in [-0.25, -0.2) is 0 Å². The maximum atomic E-state index is 10.5. The molecule has 0 heterocycles. The van der Waals surface area contributed by atoms with E-state index >= 15 is 0 Å². The van der Waals surface area contributed by atoms with E-state index in [2.05, 4.69) is 6.92 Å². The molecule has 0 unspecified atom stereocenters. The van der Waals surface area contributed by atoms with Crippen LogP contribution in [-0.4, -0.2) is 11.1 Å². The zero-order valence-electron chi connectivity index (χ0n) is 7.49. The molecular weight excluding hydrogens is 373 g/mol. The Labute approximate surface area is 92.3 Å². The van der Waals surface area contributed by atoms with E-state index in [1.807, 2.05) is 20.4 Å². The van der Waals surface area contributed by atoms with Crippen LogP contribution >= 0.6 is 8.24 Å². The van der Waals surface area contributed by atoms with E-state index < -0.39 is 29.0 Å². The molecule has 2 nitrogen and oxygen atoms in total. The zero-order valence-corrected chi connectivity index (χ0v) is 13.8. The van der Waals surface area contributed by atoms with Crippen LogP contribution in [-0.2, 0) is 23.1 Å². The van der Waals surface area contributed by atoms with Crippen molar-refractivity contribution in [1.29, 1.82) is 0 Å². The molecule has 0 atom stereocenters. The van der Waals surface area contributed by atoms with Crippen LogP contribution in [0.2, 0.25) is 3.93 Å². The van der Waals surface area contributed by atoms with E-state index in [1.54, 1.807) is 12.1 Å². The summed E-state index contributed by atoms with van der Waals surface area (Å²) in [6.07, 6.45) is 0. The van der Waals surface area contributed by atoms with E-state index in [4.69, 9.17) is 5.11 Å². The number of hydrogen-bond acceptors (Lipinski definition) is 2. The predicted octanol–water partition coefficient (Wildman–Crippen LogP) is 2.91. The Bertz CT molecular complexity index is 284. The summed E-state index contributed by atoms with van der Waals surface area (Å²) in [5, 5.41) is 8.66. The fourth-order valence-electron chi connectivity index (χ4n) is 0.914. The Hall–Kier alpha value is -0.0249. The quantitative estimate of drug-likeness (QED) is 0.814. The van der Waals surface area contributed by atoms with E-state index in [0.29, 0.717) is 5.56 Å². The van der Waals surface area contributed by atoms with Crippen molar-refractivity contribution in [2.75, 3.05) is 0 Å². The molecule has 1 rings (SSSR count). The molecule has 0 saturated heterocycles. The van der Waals surface area contributed by atoms with Gasteiger partial charge in [-0.1, -0.05) is 0 Å². The van der Waals surface area contributed by atoms with Gasteiger partial charge in [0.15, 0.2) is 0 Å². The Morgan fingerprint density at radius 2 is 2.08 bits per heavy atom. The van der Waals surface area contributed by atoms with E-state index in [9.17, 15) is 4.79 Å². The molecule has 0 spiro atoms. The van der Waals surface area contributed by atoms with Crippen molar-refractivity contribution in [2.24, 2.45) is 0 Å². The van der Waals surface area contributed by atoms with Gasteiger partial charge < -0.3 is 0 Å². The second-order valence-corrected chi connectivity index (χ2v) is 15.9. The molecule has 0 aliphatic rings. The summed E-state index contributed by atoms with van der Waals surface area (Å²) in [7, 11) is 1.97. The SMILES string of the molecule is C[CH2][Hg][S]c1ccc(C(=O)O)cc1. The Morgan fingerprint density at radius 1 is 1.46 bits per heavy atom. The van der Waals surface area contributed by atoms with Crippen LogP contribution in [0.1, 0.15) is 17.3 Å². The summed E-state index contributed by atoms with van der Waals surface area (Å²) in [6.45, 7) is 2.22. The van der Waals surface area contributed by atoms with Crippen LogP contribution in [0.5, 0.6) is 0 Å². The molecule has 0 saturated carbocycles. The molecule has 1 aromatic rings. The number of carboxylic acid groups (broad SMARTS) is 1. The summed E-state index contributed by atoms with van der Waals surface area (Å²) >= 11 is -0.708. The van der Waals surface area contributed by atoms with Crippen LogP contribution < -0.4 is 0 Å². The molecule has 0 bridgehead atoms. The topological polar surface area (TPSA) is 37.3 Å². The van der Waals surface area contributed by atoms with Crippen molar-refractivity contribution < 1.29 is 33.0 Å². The van der Waals surface area contributed by atoms with Crippen LogP contribution in [0.15, 0.2) is 29.2 Å². The normalized spacial score (nSPS) is 9.31. The van der Waals surface area contributed by atoms with E-state index in [-0.39, 0.29) is 0 Å². The third-order valence-electron chi connectivity index (χ3n) is 1.57. The van der Waals surface area contributed by atoms with Crippen molar-refractivity contribution in [3.05, 3.63) is 29.8 Å². The van der Waals surface area contributed by atoms with Gasteiger partial charge in [0, 0.05) is 0 Å². The minimum absolute atomic E-state index is 0.373. The average molecular weight is 383 g/mol. The number of hydrogen-bond donors (Lipinski definition) is 1. The fourth-order valence-corrected chi connectivity index (χ4v) is 9.06. The van der Waals surface area contributed by atoms with Gasteiger partial charge in [0.1, 0.15) is 0 Å². The molecule has 0 aromatic heterocycles. The van der Waals surface area contributed by atoms with Crippen molar-refractivity contribution in [3.63, 3.8) is 0 Å². The molecule has 0 aliphatic heterocycles. The maximum absolute atomic E-state index is 10.5. The second kappa shape index (κ2) is 5.65.